The van der Waals surface area contributed by atoms with Crippen LogP contribution in [0.4, 0.5) is 0 Å². The first-order chi connectivity index (χ1) is 4.33. The Morgan fingerprint density at radius 1 is 1.56 bits per heavy atom. The zero-order valence-electron chi connectivity index (χ0n) is 6.18. The lowest BCUT2D eigenvalue weighted by Crippen LogP contribution is -2.38. The molecule has 1 heterocycles. The summed E-state index contributed by atoms with van der Waals surface area (Å²) in [7, 11) is 1.76. The zero-order valence-corrected chi connectivity index (χ0v) is 6.18. The van der Waals surface area contributed by atoms with Gasteiger partial charge in [0.25, 0.3) is 0 Å². The molecule has 0 spiro atoms. The van der Waals surface area contributed by atoms with E-state index >= 15 is 0 Å². The lowest BCUT2D eigenvalue weighted by atomic mass is 9.99. The second kappa shape index (κ2) is 3.18. The van der Waals surface area contributed by atoms with Crippen LogP contribution in [0.5, 0.6) is 0 Å². The van der Waals surface area contributed by atoms with Crippen molar-refractivity contribution in [3.63, 3.8) is 0 Å². The van der Waals surface area contributed by atoms with Crippen LogP contribution in [0.15, 0.2) is 0 Å². The van der Waals surface area contributed by atoms with Crippen molar-refractivity contribution in [1.29, 1.82) is 0 Å². The van der Waals surface area contributed by atoms with E-state index < -0.39 is 0 Å². The summed E-state index contributed by atoms with van der Waals surface area (Å²) in [6.45, 7) is 3.38. The Hall–Kier alpha value is -0.0800. The summed E-state index contributed by atoms with van der Waals surface area (Å²) in [6.07, 6.45) is 2.77. The number of ether oxygens (including phenoxy) is 1. The second-order valence-electron chi connectivity index (χ2n) is 2.81. The summed E-state index contributed by atoms with van der Waals surface area (Å²) in [4.78, 5) is 0. The zero-order chi connectivity index (χ0) is 6.69. The molecule has 0 amide bonds. The van der Waals surface area contributed by atoms with Crippen LogP contribution in [0, 0.1) is 5.92 Å². The molecule has 0 radical (unpaired) electrons. The minimum absolute atomic E-state index is 0.314. The van der Waals surface area contributed by atoms with Crippen molar-refractivity contribution in [3.8, 4) is 0 Å². The van der Waals surface area contributed by atoms with E-state index in [9.17, 15) is 0 Å². The number of nitrogens with one attached hydrogen (secondary N) is 1. The SMILES string of the molecule is COC1CC(C)CCN1. The van der Waals surface area contributed by atoms with Crippen molar-refractivity contribution in [3.05, 3.63) is 0 Å². The predicted molar refractivity (Wildman–Crippen MR) is 37.2 cm³/mol. The fourth-order valence-electron chi connectivity index (χ4n) is 1.24. The molecule has 2 unspecified atom stereocenters. The van der Waals surface area contributed by atoms with E-state index in [4.69, 9.17) is 4.74 Å². The molecule has 0 aromatic heterocycles. The Bertz CT molecular complexity index is 85.0. The molecule has 0 bridgehead atoms. The second-order valence-corrected chi connectivity index (χ2v) is 2.81. The first kappa shape index (κ1) is 7.03. The van der Waals surface area contributed by atoms with Gasteiger partial charge in [0, 0.05) is 7.11 Å². The smallest absolute Gasteiger partial charge is 0.107 e. The minimum Gasteiger partial charge on any atom is -0.367 e. The molecule has 2 atom stereocenters. The first-order valence-corrected chi connectivity index (χ1v) is 3.59. The number of hydrogen-bond donors (Lipinski definition) is 1. The molecule has 1 aliphatic heterocycles. The molecule has 1 N–H and O–H groups in total. The lowest BCUT2D eigenvalue weighted by molar-refractivity contribution is 0.0365. The van der Waals surface area contributed by atoms with Gasteiger partial charge in [-0.05, 0) is 25.3 Å². The van der Waals surface area contributed by atoms with Gasteiger partial charge in [-0.15, -0.1) is 0 Å². The summed E-state index contributed by atoms with van der Waals surface area (Å²) in [5.41, 5.74) is 0. The Kier molecular flexibility index (Phi) is 2.49. The standard InChI is InChI=1S/C7H15NO/c1-6-3-4-8-7(5-6)9-2/h6-8H,3-5H2,1-2H3. The normalized spacial score (nSPS) is 36.7. The molecule has 9 heavy (non-hydrogen) atoms. The molecule has 1 fully saturated rings. The number of methoxy groups -OCH3 is 1. The van der Waals surface area contributed by atoms with Crippen LogP contribution in [-0.2, 0) is 4.74 Å². The van der Waals surface area contributed by atoms with Crippen LogP contribution in [0.2, 0.25) is 0 Å². The largest absolute Gasteiger partial charge is 0.367 e. The molecule has 1 rings (SSSR count). The van der Waals surface area contributed by atoms with Crippen molar-refractivity contribution in [2.75, 3.05) is 13.7 Å². The topological polar surface area (TPSA) is 21.3 Å². The van der Waals surface area contributed by atoms with E-state index in [0.29, 0.717) is 6.23 Å². The first-order valence-electron chi connectivity index (χ1n) is 3.59. The number of rotatable bonds is 1. The van der Waals surface area contributed by atoms with Crippen LogP contribution < -0.4 is 5.32 Å². The quantitative estimate of drug-likeness (QED) is 0.570. The van der Waals surface area contributed by atoms with Gasteiger partial charge in [0.05, 0.1) is 0 Å². The number of piperidine rings is 1. The van der Waals surface area contributed by atoms with Crippen molar-refractivity contribution in [1.82, 2.24) is 5.32 Å². The third-order valence-corrected chi connectivity index (χ3v) is 1.91. The highest BCUT2D eigenvalue weighted by molar-refractivity contribution is 4.68. The molecule has 54 valence electrons. The third-order valence-electron chi connectivity index (χ3n) is 1.91. The summed E-state index contributed by atoms with van der Waals surface area (Å²) < 4.78 is 5.15. The summed E-state index contributed by atoms with van der Waals surface area (Å²) in [5.74, 6) is 0.830. The van der Waals surface area contributed by atoms with E-state index in [1.165, 1.54) is 6.42 Å². The van der Waals surface area contributed by atoms with Crippen molar-refractivity contribution in [2.24, 2.45) is 5.92 Å². The van der Waals surface area contributed by atoms with Gasteiger partial charge in [-0.25, -0.2) is 0 Å². The van der Waals surface area contributed by atoms with Gasteiger partial charge in [-0.3, -0.25) is 5.32 Å². The maximum atomic E-state index is 5.15. The predicted octanol–water partition coefficient (Wildman–Crippen LogP) is 0.978. The van der Waals surface area contributed by atoms with Crippen LogP contribution in [-0.4, -0.2) is 19.9 Å². The molecule has 2 heteroatoms. The van der Waals surface area contributed by atoms with Crippen molar-refractivity contribution >= 4 is 0 Å². The monoisotopic (exact) mass is 129 g/mol. The average Bonchev–Trinajstić information content (AvgIpc) is 1.88. The third kappa shape index (κ3) is 1.95. The van der Waals surface area contributed by atoms with Gasteiger partial charge in [0.2, 0.25) is 0 Å². The highest BCUT2D eigenvalue weighted by Crippen LogP contribution is 2.14. The van der Waals surface area contributed by atoms with Gasteiger partial charge in [0.15, 0.2) is 0 Å². The van der Waals surface area contributed by atoms with E-state index in [1.54, 1.807) is 7.11 Å². The Morgan fingerprint density at radius 3 is 2.78 bits per heavy atom. The average molecular weight is 129 g/mol. The van der Waals surface area contributed by atoms with Crippen LogP contribution >= 0.6 is 0 Å². The molecule has 1 aliphatic rings. The highest BCUT2D eigenvalue weighted by atomic mass is 16.5. The van der Waals surface area contributed by atoms with Crippen LogP contribution in [0.3, 0.4) is 0 Å². The number of hydrogen-bond acceptors (Lipinski definition) is 2. The van der Waals surface area contributed by atoms with E-state index in [-0.39, 0.29) is 0 Å². The van der Waals surface area contributed by atoms with Gasteiger partial charge in [-0.2, -0.15) is 0 Å². The molecule has 1 saturated heterocycles. The molecule has 0 aromatic carbocycles. The highest BCUT2D eigenvalue weighted by Gasteiger charge is 2.16. The molecular weight excluding hydrogens is 114 g/mol. The van der Waals surface area contributed by atoms with Gasteiger partial charge in [0.1, 0.15) is 6.23 Å². The summed E-state index contributed by atoms with van der Waals surface area (Å²) >= 11 is 0. The lowest BCUT2D eigenvalue weighted by Gasteiger charge is -2.26. The molecular formula is C7H15NO. The maximum Gasteiger partial charge on any atom is 0.107 e. The van der Waals surface area contributed by atoms with Gasteiger partial charge >= 0.3 is 0 Å². The van der Waals surface area contributed by atoms with E-state index in [1.807, 2.05) is 0 Å². The summed E-state index contributed by atoms with van der Waals surface area (Å²) in [5, 5.41) is 3.28. The van der Waals surface area contributed by atoms with Crippen molar-refractivity contribution in [2.45, 2.75) is 26.0 Å². The molecule has 0 saturated carbocycles. The van der Waals surface area contributed by atoms with E-state index in [0.717, 1.165) is 18.9 Å². The van der Waals surface area contributed by atoms with Crippen molar-refractivity contribution < 1.29 is 4.74 Å². The van der Waals surface area contributed by atoms with Gasteiger partial charge in [-0.1, -0.05) is 6.92 Å². The molecule has 0 aromatic rings. The van der Waals surface area contributed by atoms with Crippen LogP contribution in [0.1, 0.15) is 19.8 Å². The molecule has 0 aliphatic carbocycles. The Balaban J connectivity index is 2.23. The fourth-order valence-corrected chi connectivity index (χ4v) is 1.24. The summed E-state index contributed by atoms with van der Waals surface area (Å²) in [6, 6.07) is 0. The fraction of sp³-hybridized carbons (Fsp3) is 1.00. The van der Waals surface area contributed by atoms with E-state index in [2.05, 4.69) is 12.2 Å². The Morgan fingerprint density at radius 2 is 2.33 bits per heavy atom. The molecule has 2 nitrogen and oxygen atoms in total. The van der Waals surface area contributed by atoms with Gasteiger partial charge < -0.3 is 4.74 Å². The van der Waals surface area contributed by atoms with Crippen LogP contribution in [0.25, 0.3) is 0 Å². The maximum absolute atomic E-state index is 5.15. The Labute approximate surface area is 56.6 Å². The minimum atomic E-state index is 0.314.